The van der Waals surface area contributed by atoms with Gasteiger partial charge in [-0.25, -0.2) is 0 Å². The number of pyridine rings is 1. The summed E-state index contributed by atoms with van der Waals surface area (Å²) >= 11 is 0. The van der Waals surface area contributed by atoms with Crippen molar-refractivity contribution in [2.75, 3.05) is 33.4 Å². The second-order valence-electron chi connectivity index (χ2n) is 8.52. The Morgan fingerprint density at radius 2 is 1.81 bits per heavy atom. The molecule has 0 bridgehead atoms. The number of benzene rings is 3. The maximum absolute atomic E-state index is 13.3. The average molecular weight is 503 g/mol. The summed E-state index contributed by atoms with van der Waals surface area (Å²) in [5.74, 6) is 1.69. The van der Waals surface area contributed by atoms with Crippen LogP contribution in [0, 0.1) is 6.92 Å². The first-order chi connectivity index (χ1) is 18.0. The summed E-state index contributed by atoms with van der Waals surface area (Å²) in [6.45, 7) is 2.63. The third-order valence-corrected chi connectivity index (χ3v) is 5.72. The molecule has 8 nitrogen and oxygen atoms in total. The summed E-state index contributed by atoms with van der Waals surface area (Å²) in [6.07, 6.45) is 0.853. The zero-order chi connectivity index (χ0) is 26.2. The predicted molar refractivity (Wildman–Crippen MR) is 141 cm³/mol. The molecule has 0 saturated heterocycles. The van der Waals surface area contributed by atoms with Crippen molar-refractivity contribution < 1.29 is 29.2 Å². The van der Waals surface area contributed by atoms with Gasteiger partial charge in [0.15, 0.2) is 17.3 Å². The summed E-state index contributed by atoms with van der Waals surface area (Å²) < 4.78 is 17.6. The molecule has 0 fully saturated rings. The number of hydrogen-bond acceptors (Lipinski definition) is 8. The first-order valence-corrected chi connectivity index (χ1v) is 12.0. The van der Waals surface area contributed by atoms with Gasteiger partial charge in [0, 0.05) is 36.3 Å². The number of fused-ring (bicyclic) bond motifs is 1. The van der Waals surface area contributed by atoms with Gasteiger partial charge >= 0.3 is 0 Å². The molecule has 0 aliphatic heterocycles. The zero-order valence-electron chi connectivity index (χ0n) is 20.8. The van der Waals surface area contributed by atoms with Crippen LogP contribution in [0.4, 0.5) is 0 Å². The van der Waals surface area contributed by atoms with Crippen LogP contribution in [0.15, 0.2) is 72.9 Å². The van der Waals surface area contributed by atoms with E-state index in [0.717, 1.165) is 5.56 Å². The normalized spacial score (nSPS) is 11.8. The van der Waals surface area contributed by atoms with Gasteiger partial charge in [-0.3, -0.25) is 9.78 Å². The highest BCUT2D eigenvalue weighted by Crippen LogP contribution is 2.38. The summed E-state index contributed by atoms with van der Waals surface area (Å²) in [5, 5.41) is 22.6. The number of aromatic nitrogens is 1. The van der Waals surface area contributed by atoms with Crippen LogP contribution in [0.1, 0.15) is 21.5 Å². The van der Waals surface area contributed by atoms with Crippen molar-refractivity contribution in [1.29, 1.82) is 0 Å². The minimum Gasteiger partial charge on any atom is -0.493 e. The van der Waals surface area contributed by atoms with Gasteiger partial charge in [0.1, 0.15) is 24.2 Å². The molecule has 0 radical (unpaired) electrons. The van der Waals surface area contributed by atoms with E-state index in [1.54, 1.807) is 42.6 Å². The predicted octanol–water partition coefficient (Wildman–Crippen LogP) is 3.90. The van der Waals surface area contributed by atoms with Gasteiger partial charge in [-0.2, -0.15) is 0 Å². The highest BCUT2D eigenvalue weighted by Gasteiger charge is 2.18. The number of ether oxygens (including phenoxy) is 3. The molecule has 3 aromatic carbocycles. The topological polar surface area (TPSA) is 110 Å². The highest BCUT2D eigenvalue weighted by molar-refractivity contribution is 6.11. The number of rotatable bonds is 12. The quantitative estimate of drug-likeness (QED) is 0.198. The van der Waals surface area contributed by atoms with Gasteiger partial charge in [0.25, 0.3) is 0 Å². The Balaban J connectivity index is 1.62. The standard InChI is InChI=1S/C29H30N2O6/c1-19-8-9-25(23(14-19)29(34)20-6-4-3-5-7-20)37-26-10-11-31-24-16-28(27(35-2)15-22(24)26)36-18-21(33)17-30-12-13-32/h3-11,14-16,21,30,32-33H,12-13,17-18H2,1-2H3. The van der Waals surface area contributed by atoms with Crippen LogP contribution < -0.4 is 19.5 Å². The minimum atomic E-state index is -0.767. The number of methoxy groups -OCH3 is 1. The number of aryl methyl sites for hydroxylation is 1. The molecule has 37 heavy (non-hydrogen) atoms. The van der Waals surface area contributed by atoms with Crippen LogP contribution in [0.25, 0.3) is 10.9 Å². The number of carbonyl (C=O) groups is 1. The van der Waals surface area contributed by atoms with Crippen LogP contribution in [0.3, 0.4) is 0 Å². The van der Waals surface area contributed by atoms with E-state index in [2.05, 4.69) is 10.3 Å². The molecule has 0 aliphatic rings. The maximum atomic E-state index is 13.3. The lowest BCUT2D eigenvalue weighted by atomic mass is 10.0. The van der Waals surface area contributed by atoms with Crippen molar-refractivity contribution in [3.05, 3.63) is 89.6 Å². The Labute approximate surface area is 215 Å². The summed E-state index contributed by atoms with van der Waals surface area (Å²) in [6, 6.07) is 19.8. The first-order valence-electron chi connectivity index (χ1n) is 12.0. The number of nitrogens with zero attached hydrogens (tertiary/aromatic N) is 1. The number of ketones is 1. The highest BCUT2D eigenvalue weighted by atomic mass is 16.5. The minimum absolute atomic E-state index is 0.00730. The molecule has 1 heterocycles. The SMILES string of the molecule is COc1cc2c(Oc3ccc(C)cc3C(=O)c3ccccc3)ccnc2cc1OCC(O)CNCCO. The zero-order valence-corrected chi connectivity index (χ0v) is 20.8. The molecule has 1 atom stereocenters. The third-order valence-electron chi connectivity index (χ3n) is 5.72. The fraction of sp³-hybridized carbons (Fsp3) is 0.241. The van der Waals surface area contributed by atoms with E-state index in [9.17, 15) is 9.90 Å². The summed E-state index contributed by atoms with van der Waals surface area (Å²) in [7, 11) is 1.53. The van der Waals surface area contributed by atoms with Crippen molar-refractivity contribution >= 4 is 16.7 Å². The van der Waals surface area contributed by atoms with E-state index in [-0.39, 0.29) is 25.5 Å². The average Bonchev–Trinajstić information content (AvgIpc) is 2.92. The van der Waals surface area contributed by atoms with Crippen molar-refractivity contribution in [1.82, 2.24) is 10.3 Å². The molecule has 192 valence electrons. The largest absolute Gasteiger partial charge is 0.493 e. The Morgan fingerprint density at radius 3 is 2.57 bits per heavy atom. The van der Waals surface area contributed by atoms with E-state index in [4.69, 9.17) is 19.3 Å². The molecule has 0 saturated carbocycles. The lowest BCUT2D eigenvalue weighted by Crippen LogP contribution is -2.32. The molecule has 3 N–H and O–H groups in total. The summed E-state index contributed by atoms with van der Waals surface area (Å²) in [4.78, 5) is 17.7. The molecule has 4 aromatic rings. The molecule has 1 unspecified atom stereocenters. The molecule has 4 rings (SSSR count). The van der Waals surface area contributed by atoms with Crippen LogP contribution in [-0.4, -0.2) is 60.5 Å². The number of carbonyl (C=O) groups excluding carboxylic acids is 1. The van der Waals surface area contributed by atoms with E-state index >= 15 is 0 Å². The third kappa shape index (κ3) is 6.42. The fourth-order valence-corrected chi connectivity index (χ4v) is 3.86. The van der Waals surface area contributed by atoms with Crippen LogP contribution in [0.2, 0.25) is 0 Å². The molecular weight excluding hydrogens is 472 g/mol. The van der Waals surface area contributed by atoms with E-state index in [0.29, 0.717) is 51.6 Å². The maximum Gasteiger partial charge on any atom is 0.196 e. The lowest BCUT2D eigenvalue weighted by Gasteiger charge is -2.17. The lowest BCUT2D eigenvalue weighted by molar-refractivity contribution is 0.103. The number of hydrogen-bond donors (Lipinski definition) is 3. The van der Waals surface area contributed by atoms with Gasteiger partial charge in [-0.05, 0) is 31.2 Å². The van der Waals surface area contributed by atoms with Gasteiger partial charge < -0.3 is 29.7 Å². The first kappa shape index (κ1) is 26.1. The Morgan fingerprint density at radius 1 is 1.00 bits per heavy atom. The monoisotopic (exact) mass is 502 g/mol. The molecule has 8 heteroatoms. The van der Waals surface area contributed by atoms with E-state index < -0.39 is 6.10 Å². The van der Waals surface area contributed by atoms with Gasteiger partial charge in [0.05, 0.1) is 24.8 Å². The van der Waals surface area contributed by atoms with Crippen molar-refractivity contribution in [2.24, 2.45) is 0 Å². The van der Waals surface area contributed by atoms with Crippen LogP contribution in [0.5, 0.6) is 23.0 Å². The molecule has 0 spiro atoms. The van der Waals surface area contributed by atoms with Crippen molar-refractivity contribution in [3.8, 4) is 23.0 Å². The smallest absolute Gasteiger partial charge is 0.196 e. The Kier molecular flexibility index (Phi) is 8.68. The van der Waals surface area contributed by atoms with Crippen LogP contribution in [-0.2, 0) is 0 Å². The second-order valence-corrected chi connectivity index (χ2v) is 8.52. The fourth-order valence-electron chi connectivity index (χ4n) is 3.86. The Hall–Kier alpha value is -3.98. The van der Waals surface area contributed by atoms with Gasteiger partial charge in [-0.1, -0.05) is 42.0 Å². The van der Waals surface area contributed by atoms with Crippen LogP contribution >= 0.6 is 0 Å². The van der Waals surface area contributed by atoms with Gasteiger partial charge in [0.2, 0.25) is 0 Å². The van der Waals surface area contributed by atoms with Gasteiger partial charge in [-0.15, -0.1) is 0 Å². The Bertz CT molecular complexity index is 1360. The number of aliphatic hydroxyl groups excluding tert-OH is 2. The molecule has 0 aliphatic carbocycles. The summed E-state index contributed by atoms with van der Waals surface area (Å²) in [5.41, 5.74) is 2.59. The molecular formula is C29H30N2O6. The number of aliphatic hydroxyl groups is 2. The van der Waals surface area contributed by atoms with Crippen molar-refractivity contribution in [3.63, 3.8) is 0 Å². The van der Waals surface area contributed by atoms with E-state index in [1.807, 2.05) is 37.3 Å². The molecule has 1 aromatic heterocycles. The second kappa shape index (κ2) is 12.3. The van der Waals surface area contributed by atoms with Crippen molar-refractivity contribution in [2.45, 2.75) is 13.0 Å². The molecule has 0 amide bonds. The number of nitrogens with one attached hydrogen (secondary N) is 1. The van der Waals surface area contributed by atoms with E-state index in [1.165, 1.54) is 7.11 Å².